The van der Waals surface area contributed by atoms with E-state index < -0.39 is 0 Å². The maximum atomic E-state index is 12.7. The molecule has 0 aliphatic carbocycles. The molecule has 5 heteroatoms. The first-order valence-corrected chi connectivity index (χ1v) is 7.78. The Balaban J connectivity index is 1.98. The normalized spacial score (nSPS) is 10.4. The van der Waals surface area contributed by atoms with E-state index in [-0.39, 0.29) is 18.7 Å². The van der Waals surface area contributed by atoms with Gasteiger partial charge in [0.2, 0.25) is 0 Å². The van der Waals surface area contributed by atoms with Crippen LogP contribution in [-0.2, 0) is 0 Å². The first-order chi connectivity index (χ1) is 11.7. The van der Waals surface area contributed by atoms with Crippen molar-refractivity contribution < 1.29 is 4.79 Å². The molecule has 2 aromatic carbocycles. The summed E-state index contributed by atoms with van der Waals surface area (Å²) in [5.74, 6) is -0.180. The number of H-pyrrole nitrogens is 1. The first kappa shape index (κ1) is 15.6. The third kappa shape index (κ3) is 2.93. The van der Waals surface area contributed by atoms with Gasteiger partial charge in [0, 0.05) is 24.0 Å². The summed E-state index contributed by atoms with van der Waals surface area (Å²) in [6, 6.07) is 18.0. The van der Waals surface area contributed by atoms with Crippen molar-refractivity contribution in [3.63, 3.8) is 0 Å². The van der Waals surface area contributed by atoms with E-state index >= 15 is 0 Å². The summed E-state index contributed by atoms with van der Waals surface area (Å²) in [6.07, 6.45) is 0.501. The summed E-state index contributed by atoms with van der Waals surface area (Å²) >= 11 is 0. The minimum Gasteiger partial charge on any atom is -0.351 e. The highest BCUT2D eigenvalue weighted by molar-refractivity contribution is 6.09. The van der Waals surface area contributed by atoms with Crippen molar-refractivity contribution in [2.45, 2.75) is 12.8 Å². The fourth-order valence-electron chi connectivity index (χ4n) is 2.86. The average molecular weight is 316 g/mol. The van der Waals surface area contributed by atoms with Gasteiger partial charge in [0.15, 0.2) is 0 Å². The van der Waals surface area contributed by atoms with E-state index in [2.05, 4.69) is 4.98 Å². The monoisotopic (exact) mass is 316 g/mol. The molecular formula is C19H16N4O. The average Bonchev–Trinajstić information content (AvgIpc) is 3.06. The number of nitriles is 2. The molecule has 0 fully saturated rings. The predicted octanol–water partition coefficient (Wildman–Crippen LogP) is 3.59. The lowest BCUT2D eigenvalue weighted by atomic mass is 10.1. The van der Waals surface area contributed by atoms with Gasteiger partial charge in [0.25, 0.3) is 5.91 Å². The highest BCUT2D eigenvalue weighted by Gasteiger charge is 2.18. The van der Waals surface area contributed by atoms with Crippen LogP contribution in [0.3, 0.4) is 0 Å². The first-order valence-electron chi connectivity index (χ1n) is 7.78. The van der Waals surface area contributed by atoms with Crippen molar-refractivity contribution in [2.24, 2.45) is 0 Å². The number of aromatic nitrogens is 1. The molecule has 5 nitrogen and oxygen atoms in total. The summed E-state index contributed by atoms with van der Waals surface area (Å²) in [4.78, 5) is 17.5. The molecular weight excluding hydrogens is 300 g/mol. The van der Waals surface area contributed by atoms with Crippen molar-refractivity contribution in [1.29, 1.82) is 10.5 Å². The van der Waals surface area contributed by atoms with E-state index in [1.807, 2.05) is 54.6 Å². The van der Waals surface area contributed by atoms with Crippen molar-refractivity contribution in [3.05, 3.63) is 48.2 Å². The summed E-state index contributed by atoms with van der Waals surface area (Å²) in [6.45, 7) is 0.653. The van der Waals surface area contributed by atoms with Crippen LogP contribution in [0.15, 0.2) is 42.5 Å². The van der Waals surface area contributed by atoms with E-state index in [0.29, 0.717) is 18.8 Å². The Hall–Kier alpha value is -3.31. The SMILES string of the molecule is N#CCCN(CCC#N)C(=O)c1cc2c(ccc3ccccc32)[nH]1. The molecule has 0 aliphatic rings. The predicted molar refractivity (Wildman–Crippen MR) is 92.2 cm³/mol. The Labute approximate surface area is 139 Å². The number of aromatic amines is 1. The van der Waals surface area contributed by atoms with E-state index in [1.165, 1.54) is 0 Å². The third-order valence-electron chi connectivity index (χ3n) is 4.03. The zero-order valence-electron chi connectivity index (χ0n) is 13.1. The van der Waals surface area contributed by atoms with E-state index in [0.717, 1.165) is 21.7 Å². The van der Waals surface area contributed by atoms with Crippen molar-refractivity contribution >= 4 is 27.6 Å². The minimum absolute atomic E-state index is 0.180. The molecule has 0 saturated carbocycles. The van der Waals surface area contributed by atoms with E-state index in [9.17, 15) is 4.79 Å². The number of carbonyl (C=O) groups is 1. The lowest BCUT2D eigenvalue weighted by molar-refractivity contribution is 0.0757. The largest absolute Gasteiger partial charge is 0.351 e. The number of hydrogen-bond donors (Lipinski definition) is 1. The minimum atomic E-state index is -0.180. The highest BCUT2D eigenvalue weighted by atomic mass is 16.2. The number of hydrogen-bond acceptors (Lipinski definition) is 3. The molecule has 0 radical (unpaired) electrons. The Morgan fingerprint density at radius 2 is 1.71 bits per heavy atom. The van der Waals surface area contributed by atoms with Crippen LogP contribution in [0.25, 0.3) is 21.7 Å². The number of nitrogens with one attached hydrogen (secondary N) is 1. The molecule has 3 rings (SSSR count). The van der Waals surface area contributed by atoms with Crippen molar-refractivity contribution in [1.82, 2.24) is 9.88 Å². The molecule has 118 valence electrons. The van der Waals surface area contributed by atoms with Gasteiger partial charge in [0.1, 0.15) is 5.69 Å². The van der Waals surface area contributed by atoms with Crippen LogP contribution >= 0.6 is 0 Å². The number of fused-ring (bicyclic) bond motifs is 3. The maximum Gasteiger partial charge on any atom is 0.270 e. The molecule has 1 aromatic heterocycles. The quantitative estimate of drug-likeness (QED) is 0.780. The molecule has 3 aromatic rings. The van der Waals surface area contributed by atoms with Gasteiger partial charge in [-0.1, -0.05) is 30.3 Å². The second-order valence-electron chi connectivity index (χ2n) is 5.54. The topological polar surface area (TPSA) is 83.7 Å². The Morgan fingerprint density at radius 3 is 2.42 bits per heavy atom. The van der Waals surface area contributed by atoms with Gasteiger partial charge in [-0.2, -0.15) is 10.5 Å². The Bertz CT molecular complexity index is 956. The second kappa shape index (κ2) is 6.85. The summed E-state index contributed by atoms with van der Waals surface area (Å²) < 4.78 is 0. The molecule has 0 unspecified atom stereocenters. The third-order valence-corrected chi connectivity index (χ3v) is 4.03. The maximum absolute atomic E-state index is 12.7. The number of benzene rings is 2. The molecule has 24 heavy (non-hydrogen) atoms. The number of amides is 1. The molecule has 0 bridgehead atoms. The Morgan fingerprint density at radius 1 is 1.00 bits per heavy atom. The molecule has 0 aliphatic heterocycles. The van der Waals surface area contributed by atoms with Crippen LogP contribution < -0.4 is 0 Å². The van der Waals surface area contributed by atoms with Gasteiger partial charge in [-0.25, -0.2) is 0 Å². The smallest absolute Gasteiger partial charge is 0.270 e. The van der Waals surface area contributed by atoms with Gasteiger partial charge < -0.3 is 9.88 Å². The van der Waals surface area contributed by atoms with Crippen LogP contribution in [0.2, 0.25) is 0 Å². The van der Waals surface area contributed by atoms with Gasteiger partial charge in [-0.15, -0.1) is 0 Å². The number of rotatable bonds is 5. The molecule has 1 N–H and O–H groups in total. The second-order valence-corrected chi connectivity index (χ2v) is 5.54. The van der Waals surface area contributed by atoms with E-state index in [1.54, 1.807) is 4.90 Å². The molecule has 1 heterocycles. The lowest BCUT2D eigenvalue weighted by Crippen LogP contribution is -2.33. The van der Waals surface area contributed by atoms with Crippen molar-refractivity contribution in [2.75, 3.05) is 13.1 Å². The zero-order chi connectivity index (χ0) is 16.9. The molecule has 0 saturated heterocycles. The van der Waals surface area contributed by atoms with Gasteiger partial charge in [-0.3, -0.25) is 4.79 Å². The van der Waals surface area contributed by atoms with Crippen LogP contribution in [0.5, 0.6) is 0 Å². The van der Waals surface area contributed by atoms with Gasteiger partial charge in [0.05, 0.1) is 25.0 Å². The van der Waals surface area contributed by atoms with Crippen LogP contribution in [0, 0.1) is 22.7 Å². The zero-order valence-corrected chi connectivity index (χ0v) is 13.1. The van der Waals surface area contributed by atoms with Crippen LogP contribution in [-0.4, -0.2) is 28.9 Å². The summed E-state index contributed by atoms with van der Waals surface area (Å²) in [5, 5.41) is 20.7. The fraction of sp³-hybridized carbons (Fsp3) is 0.211. The fourth-order valence-corrected chi connectivity index (χ4v) is 2.86. The molecule has 0 spiro atoms. The number of nitrogens with zero attached hydrogens (tertiary/aromatic N) is 3. The van der Waals surface area contributed by atoms with E-state index in [4.69, 9.17) is 10.5 Å². The highest BCUT2D eigenvalue weighted by Crippen LogP contribution is 2.26. The molecule has 0 atom stereocenters. The summed E-state index contributed by atoms with van der Waals surface area (Å²) in [5.41, 5.74) is 1.38. The van der Waals surface area contributed by atoms with Gasteiger partial charge >= 0.3 is 0 Å². The van der Waals surface area contributed by atoms with Crippen LogP contribution in [0.4, 0.5) is 0 Å². The Kier molecular flexibility index (Phi) is 4.45. The number of carbonyl (C=O) groups excluding carboxylic acids is 1. The van der Waals surface area contributed by atoms with Crippen LogP contribution in [0.1, 0.15) is 23.3 Å². The lowest BCUT2D eigenvalue weighted by Gasteiger charge is -2.19. The standard InChI is InChI=1S/C19H16N4O/c20-9-3-11-23(12-4-10-21)19(24)18-13-16-15-6-2-1-5-14(15)7-8-17(16)22-18/h1-2,5-8,13,22H,3-4,11-12H2. The van der Waals surface area contributed by atoms with Gasteiger partial charge in [-0.05, 0) is 22.9 Å². The summed E-state index contributed by atoms with van der Waals surface area (Å²) in [7, 11) is 0. The van der Waals surface area contributed by atoms with Crippen molar-refractivity contribution in [3.8, 4) is 12.1 Å². The molecule has 1 amide bonds.